The number of aromatic hydroxyl groups is 2. The summed E-state index contributed by atoms with van der Waals surface area (Å²) in [6.45, 7) is 1.32. The molecule has 0 aliphatic rings. The van der Waals surface area contributed by atoms with Crippen LogP contribution in [0.3, 0.4) is 0 Å². The molecule has 0 unspecified atom stereocenters. The summed E-state index contributed by atoms with van der Waals surface area (Å²) in [4.78, 5) is 12.2. The number of hydrogen-bond acceptors (Lipinski definition) is 3. The van der Waals surface area contributed by atoms with Crippen molar-refractivity contribution in [1.82, 2.24) is 9.88 Å². The highest BCUT2D eigenvalue weighted by atomic mass is 16.3. The van der Waals surface area contributed by atoms with Gasteiger partial charge in [-0.2, -0.15) is 0 Å². The Morgan fingerprint density at radius 1 is 0.935 bits per heavy atom. The van der Waals surface area contributed by atoms with Crippen LogP contribution in [0, 0.1) is 0 Å². The first-order valence-electron chi connectivity index (χ1n) is 10.2. The monoisotopic (exact) mass is 412 g/mol. The van der Waals surface area contributed by atoms with Crippen LogP contribution in [0.15, 0.2) is 85.1 Å². The number of hydrogen-bond donors (Lipinski definition) is 3. The zero-order chi connectivity index (χ0) is 21.6. The van der Waals surface area contributed by atoms with Gasteiger partial charge in [-0.1, -0.05) is 54.6 Å². The molecule has 0 atom stereocenters. The van der Waals surface area contributed by atoms with Gasteiger partial charge in [0.1, 0.15) is 0 Å². The van der Waals surface area contributed by atoms with Crippen molar-refractivity contribution in [3.8, 4) is 11.5 Å². The van der Waals surface area contributed by atoms with Crippen molar-refractivity contribution in [2.24, 2.45) is 0 Å². The van der Waals surface area contributed by atoms with E-state index in [1.54, 1.807) is 12.1 Å². The minimum atomic E-state index is -0.213. The Balaban J connectivity index is 1.40. The molecule has 1 heterocycles. The number of carbonyl (C=O) groups excluding carboxylic acids is 1. The molecule has 31 heavy (non-hydrogen) atoms. The van der Waals surface area contributed by atoms with Gasteiger partial charge in [0.25, 0.3) is 0 Å². The molecular formula is C26H24N2O3. The molecule has 0 saturated carbocycles. The lowest BCUT2D eigenvalue weighted by Crippen LogP contribution is -2.23. The normalized spacial score (nSPS) is 11.2. The second kappa shape index (κ2) is 9.22. The zero-order valence-electron chi connectivity index (χ0n) is 17.0. The number of aromatic nitrogens is 1. The molecule has 3 N–H and O–H groups in total. The number of fused-ring (bicyclic) bond motifs is 1. The topological polar surface area (TPSA) is 74.5 Å². The summed E-state index contributed by atoms with van der Waals surface area (Å²) >= 11 is 0. The second-order valence-electron chi connectivity index (χ2n) is 7.41. The van der Waals surface area contributed by atoms with Gasteiger partial charge in [-0.25, -0.2) is 0 Å². The number of para-hydroxylation sites is 1. The second-order valence-corrected chi connectivity index (χ2v) is 7.41. The van der Waals surface area contributed by atoms with Gasteiger partial charge in [0.2, 0.25) is 5.91 Å². The summed E-state index contributed by atoms with van der Waals surface area (Å²) in [6.07, 6.45) is 5.91. The first-order chi connectivity index (χ1) is 15.1. The van der Waals surface area contributed by atoms with Crippen molar-refractivity contribution in [3.63, 3.8) is 0 Å². The van der Waals surface area contributed by atoms with E-state index < -0.39 is 0 Å². The molecule has 0 aliphatic heterocycles. The van der Waals surface area contributed by atoms with Crippen LogP contribution in [0.5, 0.6) is 11.5 Å². The number of carbonyl (C=O) groups is 1. The van der Waals surface area contributed by atoms with E-state index in [1.165, 1.54) is 40.2 Å². The Labute approximate surface area is 180 Å². The SMILES string of the molecule is O=C(/C=C/c1ccc(O)c(O)c1)NCCc1cn(Cc2ccccc2)c2ccccc12. The smallest absolute Gasteiger partial charge is 0.244 e. The predicted molar refractivity (Wildman–Crippen MR) is 123 cm³/mol. The van der Waals surface area contributed by atoms with Gasteiger partial charge in [0.05, 0.1) is 0 Å². The zero-order valence-corrected chi connectivity index (χ0v) is 17.0. The average molecular weight is 412 g/mol. The highest BCUT2D eigenvalue weighted by Gasteiger charge is 2.09. The largest absolute Gasteiger partial charge is 0.504 e. The molecule has 1 aromatic heterocycles. The Hall–Kier alpha value is -3.99. The molecule has 3 aromatic carbocycles. The van der Waals surface area contributed by atoms with Crippen molar-refractivity contribution in [2.45, 2.75) is 13.0 Å². The van der Waals surface area contributed by atoms with Crippen molar-refractivity contribution < 1.29 is 15.0 Å². The molecule has 4 aromatic rings. The molecule has 0 bridgehead atoms. The van der Waals surface area contributed by atoms with Crippen LogP contribution in [0.2, 0.25) is 0 Å². The molecule has 0 saturated heterocycles. The van der Waals surface area contributed by atoms with Crippen LogP contribution < -0.4 is 5.32 Å². The van der Waals surface area contributed by atoms with E-state index in [0.29, 0.717) is 12.1 Å². The lowest BCUT2D eigenvalue weighted by atomic mass is 10.1. The molecule has 0 radical (unpaired) electrons. The molecule has 5 heteroatoms. The van der Waals surface area contributed by atoms with Crippen LogP contribution in [0.25, 0.3) is 17.0 Å². The maximum absolute atomic E-state index is 12.2. The third-order valence-electron chi connectivity index (χ3n) is 5.19. The summed E-state index contributed by atoms with van der Waals surface area (Å²) in [6, 6.07) is 23.1. The van der Waals surface area contributed by atoms with E-state index in [1.807, 2.05) is 30.3 Å². The highest BCUT2D eigenvalue weighted by Crippen LogP contribution is 2.25. The third-order valence-corrected chi connectivity index (χ3v) is 5.19. The third kappa shape index (κ3) is 4.95. The number of benzene rings is 3. The number of nitrogens with one attached hydrogen (secondary N) is 1. The molecule has 1 amide bonds. The van der Waals surface area contributed by atoms with Gasteiger partial charge in [-0.15, -0.1) is 0 Å². The van der Waals surface area contributed by atoms with Crippen molar-refractivity contribution in [1.29, 1.82) is 0 Å². The quantitative estimate of drug-likeness (QED) is 0.310. The highest BCUT2D eigenvalue weighted by molar-refractivity contribution is 5.92. The van der Waals surface area contributed by atoms with Gasteiger partial charge >= 0.3 is 0 Å². The van der Waals surface area contributed by atoms with Crippen molar-refractivity contribution >= 4 is 22.9 Å². The number of nitrogens with zero attached hydrogens (tertiary/aromatic N) is 1. The van der Waals surface area contributed by atoms with Gasteiger partial charge < -0.3 is 20.1 Å². The summed E-state index contributed by atoms with van der Waals surface area (Å²) < 4.78 is 2.25. The van der Waals surface area contributed by atoms with E-state index in [9.17, 15) is 15.0 Å². The van der Waals surface area contributed by atoms with Crippen molar-refractivity contribution in [3.05, 3.63) is 102 Å². The van der Waals surface area contributed by atoms with E-state index in [2.05, 4.69) is 40.3 Å². The predicted octanol–water partition coefficient (Wildman–Crippen LogP) is 4.47. The number of phenolic OH excluding ortho intramolecular Hbond substituents is 2. The van der Waals surface area contributed by atoms with Crippen LogP contribution in [-0.4, -0.2) is 27.2 Å². The summed E-state index contributed by atoms with van der Waals surface area (Å²) in [5.41, 5.74) is 4.25. The number of phenols is 2. The molecule has 5 nitrogen and oxygen atoms in total. The summed E-state index contributed by atoms with van der Waals surface area (Å²) in [5.74, 6) is -0.608. The Morgan fingerprint density at radius 3 is 2.52 bits per heavy atom. The van der Waals surface area contributed by atoms with Gasteiger partial charge in [-0.05, 0) is 47.4 Å². The average Bonchev–Trinajstić information content (AvgIpc) is 3.13. The Bertz CT molecular complexity index is 1230. The fourth-order valence-electron chi connectivity index (χ4n) is 3.63. The maximum atomic E-state index is 12.2. The van der Waals surface area contributed by atoms with Gasteiger partial charge in [0.15, 0.2) is 11.5 Å². The molecule has 4 rings (SSSR count). The molecule has 0 aliphatic carbocycles. The molecule has 0 spiro atoms. The fraction of sp³-hybridized carbons (Fsp3) is 0.115. The Morgan fingerprint density at radius 2 is 1.71 bits per heavy atom. The molecular weight excluding hydrogens is 388 g/mol. The van der Waals surface area contributed by atoms with E-state index in [4.69, 9.17) is 0 Å². The lowest BCUT2D eigenvalue weighted by Gasteiger charge is -2.05. The molecule has 0 fully saturated rings. The number of rotatable bonds is 7. The standard InChI is InChI=1S/C26H24N2O3/c29-24-12-10-19(16-25(24)30)11-13-26(31)27-15-14-21-18-28(17-20-6-2-1-3-7-20)23-9-5-4-8-22(21)23/h1-13,16,18,29-30H,14-15,17H2,(H,27,31)/b13-11+. The maximum Gasteiger partial charge on any atom is 0.244 e. The van der Waals surface area contributed by atoms with Gasteiger partial charge in [-0.3, -0.25) is 4.79 Å². The van der Waals surface area contributed by atoms with E-state index in [0.717, 1.165) is 13.0 Å². The molecule has 156 valence electrons. The van der Waals surface area contributed by atoms with Crippen LogP contribution in [-0.2, 0) is 17.8 Å². The summed E-state index contributed by atoms with van der Waals surface area (Å²) in [5, 5.41) is 23.0. The summed E-state index contributed by atoms with van der Waals surface area (Å²) in [7, 11) is 0. The van der Waals surface area contributed by atoms with Crippen LogP contribution >= 0.6 is 0 Å². The fourth-order valence-corrected chi connectivity index (χ4v) is 3.63. The lowest BCUT2D eigenvalue weighted by molar-refractivity contribution is -0.116. The van der Waals surface area contributed by atoms with Crippen LogP contribution in [0.4, 0.5) is 0 Å². The minimum absolute atomic E-state index is 0.187. The first kappa shape index (κ1) is 20.3. The van der Waals surface area contributed by atoms with Crippen LogP contribution in [0.1, 0.15) is 16.7 Å². The van der Waals surface area contributed by atoms with E-state index >= 15 is 0 Å². The minimum Gasteiger partial charge on any atom is -0.504 e. The Kier molecular flexibility index (Phi) is 6.03. The first-order valence-corrected chi connectivity index (χ1v) is 10.2. The number of amides is 1. The van der Waals surface area contributed by atoms with E-state index in [-0.39, 0.29) is 17.4 Å². The van der Waals surface area contributed by atoms with Crippen molar-refractivity contribution in [2.75, 3.05) is 6.54 Å². The van der Waals surface area contributed by atoms with Gasteiger partial charge in [0, 0.05) is 36.3 Å².